The van der Waals surface area contributed by atoms with Gasteiger partial charge in [0, 0.05) is 22.2 Å². The highest BCUT2D eigenvalue weighted by Crippen LogP contribution is 2.40. The van der Waals surface area contributed by atoms with Crippen LogP contribution >= 0.6 is 0 Å². The summed E-state index contributed by atoms with van der Waals surface area (Å²) in [7, 11) is 0. The van der Waals surface area contributed by atoms with Gasteiger partial charge in [-0.25, -0.2) is 4.79 Å². The van der Waals surface area contributed by atoms with Gasteiger partial charge in [-0.1, -0.05) is 55.8 Å². The Hall–Kier alpha value is -2.81. The Balaban J connectivity index is 1.70. The normalized spacial score (nSPS) is 16.9. The number of aryl methyl sites for hydroxylation is 1. The molecule has 1 unspecified atom stereocenters. The van der Waals surface area contributed by atoms with E-state index in [-0.39, 0.29) is 0 Å². The second kappa shape index (κ2) is 8.05. The molecule has 144 valence electrons. The number of carbonyl (C=O) groups is 1. The van der Waals surface area contributed by atoms with Crippen LogP contribution in [0.5, 0.6) is 0 Å². The zero-order chi connectivity index (χ0) is 19.5. The molecule has 0 amide bonds. The molecule has 3 nitrogen and oxygen atoms in total. The van der Waals surface area contributed by atoms with Crippen molar-refractivity contribution in [2.24, 2.45) is 0 Å². The minimum absolute atomic E-state index is 0.337. The molecule has 1 aliphatic rings. The molecule has 0 radical (unpaired) electrons. The highest BCUT2D eigenvalue weighted by atomic mass is 16.4. The van der Waals surface area contributed by atoms with Gasteiger partial charge >= 0.3 is 5.97 Å². The number of aromatic carboxylic acids is 1. The molecule has 0 saturated heterocycles. The molecule has 2 N–H and O–H groups in total. The van der Waals surface area contributed by atoms with Crippen LogP contribution in [0, 0.1) is 0 Å². The lowest BCUT2D eigenvalue weighted by Crippen LogP contribution is -2.05. The van der Waals surface area contributed by atoms with Crippen molar-refractivity contribution < 1.29 is 9.90 Å². The van der Waals surface area contributed by atoms with Gasteiger partial charge in [0.25, 0.3) is 0 Å². The summed E-state index contributed by atoms with van der Waals surface area (Å²) in [6.07, 6.45) is 8.96. The molecule has 2 aromatic carbocycles. The minimum Gasteiger partial charge on any atom is -0.478 e. The van der Waals surface area contributed by atoms with Crippen LogP contribution in [0.2, 0.25) is 0 Å². The van der Waals surface area contributed by atoms with Gasteiger partial charge < -0.3 is 10.1 Å². The van der Waals surface area contributed by atoms with Crippen LogP contribution in [-0.2, 0) is 6.42 Å². The van der Waals surface area contributed by atoms with Crippen LogP contribution in [0.4, 0.5) is 0 Å². The van der Waals surface area contributed by atoms with Crippen molar-refractivity contribution in [2.45, 2.75) is 51.4 Å². The Morgan fingerprint density at radius 2 is 2.00 bits per heavy atom. The number of rotatable bonds is 6. The van der Waals surface area contributed by atoms with E-state index in [1.54, 1.807) is 12.1 Å². The van der Waals surface area contributed by atoms with Crippen LogP contribution in [0.15, 0.2) is 54.6 Å². The monoisotopic (exact) mass is 373 g/mol. The van der Waals surface area contributed by atoms with Crippen LogP contribution in [-0.4, -0.2) is 16.1 Å². The van der Waals surface area contributed by atoms with Crippen molar-refractivity contribution in [2.75, 3.05) is 0 Å². The SMILES string of the molecule is CCCCc1[nH]c2cc(C(=O)O)ccc2c1C1=CCC(c2ccccc2)CC1. The Morgan fingerprint density at radius 3 is 2.68 bits per heavy atom. The molecular weight excluding hydrogens is 346 g/mol. The van der Waals surface area contributed by atoms with Crippen molar-refractivity contribution in [3.8, 4) is 0 Å². The predicted octanol–water partition coefficient (Wildman–Crippen LogP) is 6.56. The maximum Gasteiger partial charge on any atom is 0.335 e. The summed E-state index contributed by atoms with van der Waals surface area (Å²) in [5.41, 5.74) is 6.67. The number of H-pyrrole nitrogens is 1. The van der Waals surface area contributed by atoms with Crippen molar-refractivity contribution in [1.82, 2.24) is 4.98 Å². The largest absolute Gasteiger partial charge is 0.478 e. The summed E-state index contributed by atoms with van der Waals surface area (Å²) in [5.74, 6) is -0.288. The number of benzene rings is 2. The van der Waals surface area contributed by atoms with Gasteiger partial charge in [-0.15, -0.1) is 0 Å². The molecule has 3 heteroatoms. The number of unbranched alkanes of at least 4 members (excludes halogenated alkanes) is 1. The van der Waals surface area contributed by atoms with E-state index in [2.05, 4.69) is 48.3 Å². The van der Waals surface area contributed by atoms with Crippen molar-refractivity contribution in [3.05, 3.63) is 77.0 Å². The van der Waals surface area contributed by atoms with E-state index >= 15 is 0 Å². The number of aromatic amines is 1. The summed E-state index contributed by atoms with van der Waals surface area (Å²) in [6.45, 7) is 2.20. The maximum absolute atomic E-state index is 11.4. The van der Waals surface area contributed by atoms with E-state index in [0.29, 0.717) is 11.5 Å². The topological polar surface area (TPSA) is 53.1 Å². The van der Waals surface area contributed by atoms with Crippen molar-refractivity contribution in [1.29, 1.82) is 0 Å². The van der Waals surface area contributed by atoms with E-state index in [1.165, 1.54) is 22.4 Å². The Kier molecular flexibility index (Phi) is 5.34. The number of hydrogen-bond acceptors (Lipinski definition) is 1. The molecule has 4 rings (SSSR count). The highest BCUT2D eigenvalue weighted by molar-refractivity contribution is 5.99. The number of nitrogens with one attached hydrogen (secondary N) is 1. The quantitative estimate of drug-likeness (QED) is 0.514. The molecule has 1 aromatic heterocycles. The van der Waals surface area contributed by atoms with Gasteiger partial charge in [0.2, 0.25) is 0 Å². The first kappa shape index (κ1) is 18.5. The molecule has 3 aromatic rings. The van der Waals surface area contributed by atoms with Crippen LogP contribution in [0.25, 0.3) is 16.5 Å². The summed E-state index contributed by atoms with van der Waals surface area (Å²) >= 11 is 0. The molecule has 0 aliphatic heterocycles. The van der Waals surface area contributed by atoms with Crippen molar-refractivity contribution in [3.63, 3.8) is 0 Å². The van der Waals surface area contributed by atoms with Gasteiger partial charge in [-0.3, -0.25) is 0 Å². The first-order valence-corrected chi connectivity index (χ1v) is 10.3. The third kappa shape index (κ3) is 3.62. The number of hydrogen-bond donors (Lipinski definition) is 2. The Bertz CT molecular complexity index is 1010. The fourth-order valence-corrected chi connectivity index (χ4v) is 4.38. The first-order valence-electron chi connectivity index (χ1n) is 10.3. The lowest BCUT2D eigenvalue weighted by Gasteiger charge is -2.23. The Morgan fingerprint density at radius 1 is 1.18 bits per heavy atom. The number of fused-ring (bicyclic) bond motifs is 1. The van der Waals surface area contributed by atoms with Crippen molar-refractivity contribution >= 4 is 22.4 Å². The third-order valence-electron chi connectivity index (χ3n) is 5.91. The molecule has 0 spiro atoms. The molecular formula is C25H27NO2. The second-order valence-electron chi connectivity index (χ2n) is 7.76. The van der Waals surface area contributed by atoms with E-state index < -0.39 is 5.97 Å². The van der Waals surface area contributed by atoms with Gasteiger partial charge in [-0.05, 0) is 61.3 Å². The summed E-state index contributed by atoms with van der Waals surface area (Å²) < 4.78 is 0. The smallest absolute Gasteiger partial charge is 0.335 e. The first-order chi connectivity index (χ1) is 13.7. The molecule has 1 atom stereocenters. The van der Waals surface area contributed by atoms with Gasteiger partial charge in [0.1, 0.15) is 0 Å². The number of carboxylic acid groups (broad SMARTS) is 1. The van der Waals surface area contributed by atoms with E-state index in [4.69, 9.17) is 0 Å². The standard InChI is InChI=1S/C25H27NO2/c1-2-3-9-22-24(21-15-14-20(25(27)28)16-23(21)26-22)19-12-10-18(11-13-19)17-7-5-4-6-8-17/h4-8,12,14-16,18,26H,2-3,9-11,13H2,1H3,(H,27,28). The molecule has 1 heterocycles. The zero-order valence-electron chi connectivity index (χ0n) is 16.4. The van der Waals surface area contributed by atoms with Gasteiger partial charge in [-0.2, -0.15) is 0 Å². The average Bonchev–Trinajstić information content (AvgIpc) is 3.10. The lowest BCUT2D eigenvalue weighted by molar-refractivity contribution is 0.0697. The second-order valence-corrected chi connectivity index (χ2v) is 7.76. The van der Waals surface area contributed by atoms with Gasteiger partial charge in [0.05, 0.1) is 5.56 Å². The number of allylic oxidation sites excluding steroid dienone is 2. The van der Waals surface area contributed by atoms with Crippen LogP contribution in [0.3, 0.4) is 0 Å². The fraction of sp³-hybridized carbons (Fsp3) is 0.320. The number of carboxylic acids is 1. The Labute approximate surface area is 166 Å². The van der Waals surface area contributed by atoms with E-state index in [9.17, 15) is 9.90 Å². The molecule has 0 saturated carbocycles. The molecule has 0 fully saturated rings. The summed E-state index contributed by atoms with van der Waals surface area (Å²) in [4.78, 5) is 14.9. The van der Waals surface area contributed by atoms with E-state index in [0.717, 1.165) is 49.4 Å². The molecule has 0 bridgehead atoms. The summed E-state index contributed by atoms with van der Waals surface area (Å²) in [6, 6.07) is 16.3. The zero-order valence-corrected chi connectivity index (χ0v) is 16.4. The predicted molar refractivity (Wildman–Crippen MR) is 115 cm³/mol. The van der Waals surface area contributed by atoms with Crippen LogP contribution < -0.4 is 0 Å². The molecule has 1 aliphatic carbocycles. The minimum atomic E-state index is -0.879. The fourth-order valence-electron chi connectivity index (χ4n) is 4.38. The average molecular weight is 373 g/mol. The third-order valence-corrected chi connectivity index (χ3v) is 5.91. The van der Waals surface area contributed by atoms with Crippen LogP contribution in [0.1, 0.15) is 72.1 Å². The van der Waals surface area contributed by atoms with Gasteiger partial charge in [0.15, 0.2) is 0 Å². The molecule has 28 heavy (non-hydrogen) atoms. The van der Waals surface area contributed by atoms with E-state index in [1.807, 2.05) is 6.07 Å². The lowest BCUT2D eigenvalue weighted by atomic mass is 9.82. The summed E-state index contributed by atoms with van der Waals surface area (Å²) in [5, 5.41) is 10.5. The maximum atomic E-state index is 11.4. The number of aromatic nitrogens is 1. The highest BCUT2D eigenvalue weighted by Gasteiger charge is 2.21.